The molecule has 1 aliphatic heterocycles. The number of halogens is 2. The summed E-state index contributed by atoms with van der Waals surface area (Å²) in [7, 11) is 4.38. The molecule has 10 heteroatoms. The topological polar surface area (TPSA) is 92.7 Å². The molecule has 0 fully saturated rings. The zero-order chi connectivity index (χ0) is 26.7. The molecule has 0 bridgehead atoms. The Labute approximate surface area is 230 Å². The molecule has 3 aromatic carbocycles. The highest BCUT2D eigenvalue weighted by molar-refractivity contribution is 9.11. The van der Waals surface area contributed by atoms with Gasteiger partial charge in [0.05, 0.1) is 31.4 Å². The Morgan fingerprint density at radius 2 is 1.65 bits per heavy atom. The predicted molar refractivity (Wildman–Crippen MR) is 145 cm³/mol. The number of hydrogen-bond donors (Lipinski definition) is 0. The average molecular weight is 631 g/mol. The van der Waals surface area contributed by atoms with E-state index in [1.807, 2.05) is 31.2 Å². The van der Waals surface area contributed by atoms with Gasteiger partial charge in [0.25, 0.3) is 0 Å². The molecular formula is C27H21Br2NO7. The molecule has 1 aliphatic rings. The minimum atomic E-state index is -0.681. The highest BCUT2D eigenvalue weighted by atomic mass is 79.9. The molecule has 3 aromatic rings. The van der Waals surface area contributed by atoms with Crippen LogP contribution in [-0.2, 0) is 9.53 Å². The Morgan fingerprint density at radius 3 is 2.27 bits per heavy atom. The van der Waals surface area contributed by atoms with Crippen molar-refractivity contribution in [2.24, 2.45) is 4.99 Å². The number of carbonyl (C=O) groups is 2. The second-order valence-electron chi connectivity index (χ2n) is 7.82. The fourth-order valence-electron chi connectivity index (χ4n) is 3.60. The van der Waals surface area contributed by atoms with E-state index >= 15 is 0 Å². The number of esters is 2. The summed E-state index contributed by atoms with van der Waals surface area (Å²) in [5, 5.41) is 0. The molecular weight excluding hydrogens is 610 g/mol. The van der Waals surface area contributed by atoms with E-state index in [0.29, 0.717) is 37.3 Å². The van der Waals surface area contributed by atoms with Gasteiger partial charge in [0.1, 0.15) is 0 Å². The molecule has 0 spiro atoms. The summed E-state index contributed by atoms with van der Waals surface area (Å²) in [5.41, 5.74) is 2.34. The van der Waals surface area contributed by atoms with E-state index in [-0.39, 0.29) is 22.9 Å². The summed E-state index contributed by atoms with van der Waals surface area (Å²) >= 11 is 6.88. The van der Waals surface area contributed by atoms with E-state index in [0.717, 1.165) is 5.56 Å². The number of nitrogens with zero attached hydrogens (tertiary/aromatic N) is 1. The van der Waals surface area contributed by atoms with Crippen molar-refractivity contribution in [1.29, 1.82) is 0 Å². The first-order valence-corrected chi connectivity index (χ1v) is 12.4. The first-order chi connectivity index (χ1) is 17.7. The standard InChI is InChI=1S/C27H21Br2NO7/c1-14-6-5-7-15(8-14)25-30-20(27(32)37-25)10-16-9-18(28)13-19(29)23(16)36-26(31)17-11-21(33-2)24(35-4)22(12-17)34-3/h5-13H,1-4H3/b20-10-. The summed E-state index contributed by atoms with van der Waals surface area (Å²) in [4.78, 5) is 30.1. The number of methoxy groups -OCH3 is 3. The van der Waals surface area contributed by atoms with E-state index in [9.17, 15) is 9.59 Å². The molecule has 0 aromatic heterocycles. The Kier molecular flexibility index (Phi) is 7.99. The highest BCUT2D eigenvalue weighted by Crippen LogP contribution is 2.40. The van der Waals surface area contributed by atoms with Crippen molar-refractivity contribution in [1.82, 2.24) is 0 Å². The fourth-order valence-corrected chi connectivity index (χ4v) is 4.94. The van der Waals surface area contributed by atoms with Gasteiger partial charge in [-0.2, -0.15) is 0 Å². The van der Waals surface area contributed by atoms with Crippen molar-refractivity contribution >= 4 is 55.8 Å². The molecule has 0 unspecified atom stereocenters. The lowest BCUT2D eigenvalue weighted by Crippen LogP contribution is -2.11. The Hall–Kier alpha value is -3.63. The Morgan fingerprint density at radius 1 is 0.946 bits per heavy atom. The summed E-state index contributed by atoms with van der Waals surface area (Å²) in [6, 6.07) is 13.9. The zero-order valence-corrected chi connectivity index (χ0v) is 23.4. The molecule has 1 heterocycles. The van der Waals surface area contributed by atoms with Crippen LogP contribution in [0.25, 0.3) is 6.08 Å². The van der Waals surface area contributed by atoms with Gasteiger partial charge in [-0.05, 0) is 65.3 Å². The monoisotopic (exact) mass is 629 g/mol. The second kappa shape index (κ2) is 11.2. The number of cyclic esters (lactones) is 1. The summed E-state index contributed by atoms with van der Waals surface area (Å²) in [6.45, 7) is 1.94. The highest BCUT2D eigenvalue weighted by Gasteiger charge is 2.26. The van der Waals surface area contributed by atoms with Crippen molar-refractivity contribution in [2.75, 3.05) is 21.3 Å². The first-order valence-electron chi connectivity index (χ1n) is 10.8. The summed E-state index contributed by atoms with van der Waals surface area (Å²) in [5.74, 6) is 0.0371. The lowest BCUT2D eigenvalue weighted by Gasteiger charge is -2.15. The molecule has 0 saturated carbocycles. The van der Waals surface area contributed by atoms with E-state index in [4.69, 9.17) is 23.7 Å². The molecule has 0 saturated heterocycles. The number of aryl methyl sites for hydroxylation is 1. The summed E-state index contributed by atoms with van der Waals surface area (Å²) in [6.07, 6.45) is 1.50. The van der Waals surface area contributed by atoms with Crippen LogP contribution in [0.5, 0.6) is 23.0 Å². The maximum absolute atomic E-state index is 13.2. The van der Waals surface area contributed by atoms with Gasteiger partial charge < -0.3 is 23.7 Å². The number of aliphatic imine (C=N–C) groups is 1. The molecule has 0 aliphatic carbocycles. The maximum atomic E-state index is 13.2. The van der Waals surface area contributed by atoms with E-state index < -0.39 is 11.9 Å². The average Bonchev–Trinajstić information content (AvgIpc) is 3.24. The molecule has 0 radical (unpaired) electrons. The van der Waals surface area contributed by atoms with Crippen molar-refractivity contribution in [3.63, 3.8) is 0 Å². The number of rotatable bonds is 7. The zero-order valence-electron chi connectivity index (χ0n) is 20.3. The maximum Gasteiger partial charge on any atom is 0.363 e. The van der Waals surface area contributed by atoms with E-state index in [1.54, 1.807) is 12.1 Å². The quantitative estimate of drug-likeness (QED) is 0.177. The minimum absolute atomic E-state index is 0.0617. The van der Waals surface area contributed by atoms with Gasteiger partial charge in [-0.25, -0.2) is 14.6 Å². The SMILES string of the molecule is COc1cc(C(=O)Oc2c(Br)cc(Br)cc2/C=C2\N=C(c3cccc(C)c3)OC2=O)cc(OC)c1OC. The van der Waals surface area contributed by atoms with Gasteiger partial charge >= 0.3 is 11.9 Å². The second-order valence-corrected chi connectivity index (χ2v) is 9.59. The van der Waals surface area contributed by atoms with Crippen LogP contribution in [0.15, 0.2) is 68.2 Å². The van der Waals surface area contributed by atoms with Crippen LogP contribution in [0, 0.1) is 6.92 Å². The van der Waals surface area contributed by atoms with Gasteiger partial charge in [-0.15, -0.1) is 0 Å². The largest absolute Gasteiger partial charge is 0.493 e. The number of carbonyl (C=O) groups excluding carboxylic acids is 2. The van der Waals surface area contributed by atoms with Crippen molar-refractivity contribution in [3.8, 4) is 23.0 Å². The number of ether oxygens (including phenoxy) is 5. The minimum Gasteiger partial charge on any atom is -0.493 e. The van der Waals surface area contributed by atoms with Crippen LogP contribution in [-0.4, -0.2) is 39.2 Å². The van der Waals surface area contributed by atoms with Crippen molar-refractivity contribution in [2.45, 2.75) is 6.92 Å². The summed E-state index contributed by atoms with van der Waals surface area (Å²) < 4.78 is 28.3. The molecule has 190 valence electrons. The predicted octanol–water partition coefficient (Wildman–Crippen LogP) is 6.11. The van der Waals surface area contributed by atoms with Crippen LogP contribution in [0.3, 0.4) is 0 Å². The van der Waals surface area contributed by atoms with Crippen LogP contribution in [0.4, 0.5) is 0 Å². The number of benzene rings is 3. The van der Waals surface area contributed by atoms with Crippen LogP contribution < -0.4 is 18.9 Å². The van der Waals surface area contributed by atoms with Crippen molar-refractivity contribution in [3.05, 3.63) is 85.4 Å². The normalized spacial score (nSPS) is 13.7. The Balaban J connectivity index is 1.72. The molecule has 4 rings (SSSR count). The molecule has 0 N–H and O–H groups in total. The van der Waals surface area contributed by atoms with Gasteiger partial charge in [-0.3, -0.25) is 0 Å². The fraction of sp³-hybridized carbons (Fsp3) is 0.148. The first kappa shape index (κ1) is 26.4. The number of hydrogen-bond acceptors (Lipinski definition) is 8. The smallest absolute Gasteiger partial charge is 0.363 e. The molecule has 37 heavy (non-hydrogen) atoms. The van der Waals surface area contributed by atoms with Crippen LogP contribution >= 0.6 is 31.9 Å². The third-order valence-electron chi connectivity index (χ3n) is 5.31. The van der Waals surface area contributed by atoms with Gasteiger partial charge in [0, 0.05) is 15.6 Å². The van der Waals surface area contributed by atoms with Crippen LogP contribution in [0.2, 0.25) is 0 Å². The van der Waals surface area contributed by atoms with E-state index in [1.165, 1.54) is 39.5 Å². The van der Waals surface area contributed by atoms with Gasteiger partial charge in [0.15, 0.2) is 22.9 Å². The third kappa shape index (κ3) is 5.70. The molecule has 0 atom stereocenters. The van der Waals surface area contributed by atoms with Gasteiger partial charge in [-0.1, -0.05) is 33.6 Å². The van der Waals surface area contributed by atoms with Gasteiger partial charge in [0.2, 0.25) is 11.6 Å². The third-order valence-corrected chi connectivity index (χ3v) is 6.36. The van der Waals surface area contributed by atoms with Crippen LogP contribution in [0.1, 0.15) is 27.0 Å². The van der Waals surface area contributed by atoms with E-state index in [2.05, 4.69) is 36.9 Å². The molecule has 0 amide bonds. The Bertz CT molecular complexity index is 1440. The van der Waals surface area contributed by atoms with Crippen molar-refractivity contribution < 1.29 is 33.3 Å². The molecule has 8 nitrogen and oxygen atoms in total. The lowest BCUT2D eigenvalue weighted by molar-refractivity contribution is -0.129. The lowest BCUT2D eigenvalue weighted by atomic mass is 10.1.